The van der Waals surface area contributed by atoms with Crippen LogP contribution in [0.15, 0.2) is 0 Å². The quantitative estimate of drug-likeness (QED) is 0.481. The summed E-state index contributed by atoms with van der Waals surface area (Å²) in [6.07, 6.45) is 9.55. The first-order valence-corrected chi connectivity index (χ1v) is 8.12. The highest BCUT2D eigenvalue weighted by Crippen LogP contribution is 2.34. The lowest BCUT2D eigenvalue weighted by molar-refractivity contribution is 0.0133. The van der Waals surface area contributed by atoms with E-state index in [1.807, 2.05) is 7.11 Å². The van der Waals surface area contributed by atoms with Crippen molar-refractivity contribution in [3.8, 4) is 0 Å². The number of hydrogen-bond acceptors (Lipinski definition) is 2. The van der Waals surface area contributed by atoms with Gasteiger partial charge in [-0.3, -0.25) is 0 Å². The molecule has 0 aromatic rings. The van der Waals surface area contributed by atoms with Crippen molar-refractivity contribution < 1.29 is 4.74 Å². The Morgan fingerprint density at radius 2 is 1.58 bits per heavy atom. The Bertz CT molecular complexity index is 203. The summed E-state index contributed by atoms with van der Waals surface area (Å²) < 4.78 is 5.54. The minimum absolute atomic E-state index is 0.322. The molecule has 0 fully saturated rings. The van der Waals surface area contributed by atoms with Gasteiger partial charge < -0.3 is 9.64 Å². The third-order valence-electron chi connectivity index (χ3n) is 4.32. The van der Waals surface area contributed by atoms with Crippen molar-refractivity contribution in [2.45, 2.75) is 65.7 Å². The Morgan fingerprint density at radius 3 is 2.05 bits per heavy atom. The van der Waals surface area contributed by atoms with Gasteiger partial charge in [0.15, 0.2) is 0 Å². The first-order valence-electron chi connectivity index (χ1n) is 8.12. The summed E-state index contributed by atoms with van der Waals surface area (Å²) in [6.45, 7) is 8.99. The van der Waals surface area contributed by atoms with E-state index < -0.39 is 0 Å². The number of methoxy groups -OCH3 is 1. The molecule has 0 rings (SSSR count). The Labute approximate surface area is 121 Å². The summed E-state index contributed by atoms with van der Waals surface area (Å²) in [5.41, 5.74) is 0.322. The summed E-state index contributed by atoms with van der Waals surface area (Å²) in [5, 5.41) is 0. The number of rotatable bonds is 12. The van der Waals surface area contributed by atoms with Crippen molar-refractivity contribution in [1.82, 2.24) is 4.90 Å². The van der Waals surface area contributed by atoms with Gasteiger partial charge >= 0.3 is 0 Å². The van der Waals surface area contributed by atoms with Crippen LogP contribution >= 0.6 is 0 Å². The molecule has 0 aliphatic heterocycles. The topological polar surface area (TPSA) is 12.5 Å². The Morgan fingerprint density at radius 1 is 1.00 bits per heavy atom. The van der Waals surface area contributed by atoms with Gasteiger partial charge in [0.25, 0.3) is 0 Å². The van der Waals surface area contributed by atoms with Crippen molar-refractivity contribution in [2.24, 2.45) is 11.3 Å². The summed E-state index contributed by atoms with van der Waals surface area (Å²) in [6, 6.07) is 0. The van der Waals surface area contributed by atoms with Gasteiger partial charge in [-0.2, -0.15) is 0 Å². The third-order valence-corrected chi connectivity index (χ3v) is 4.32. The molecule has 2 nitrogen and oxygen atoms in total. The number of ether oxygens (including phenoxy) is 1. The fourth-order valence-electron chi connectivity index (χ4n) is 3.01. The van der Waals surface area contributed by atoms with Gasteiger partial charge in [0.05, 0.1) is 6.61 Å². The Kier molecular flexibility index (Phi) is 10.6. The van der Waals surface area contributed by atoms with Crippen molar-refractivity contribution in [3.05, 3.63) is 0 Å². The summed E-state index contributed by atoms with van der Waals surface area (Å²) in [7, 11) is 6.19. The van der Waals surface area contributed by atoms with Crippen molar-refractivity contribution in [3.63, 3.8) is 0 Å². The lowest BCUT2D eigenvalue weighted by Gasteiger charge is -2.39. The first kappa shape index (κ1) is 18.9. The highest BCUT2D eigenvalue weighted by molar-refractivity contribution is 4.84. The zero-order chi connectivity index (χ0) is 14.7. The zero-order valence-corrected chi connectivity index (χ0v) is 14.3. The fraction of sp³-hybridized carbons (Fsp3) is 1.00. The van der Waals surface area contributed by atoms with E-state index in [0.29, 0.717) is 11.3 Å². The zero-order valence-electron chi connectivity index (χ0n) is 14.3. The minimum Gasteiger partial charge on any atom is -0.384 e. The number of hydrogen-bond donors (Lipinski definition) is 0. The predicted molar refractivity (Wildman–Crippen MR) is 85.7 cm³/mol. The summed E-state index contributed by atoms with van der Waals surface area (Å²) in [5.74, 6) is 0.672. The maximum Gasteiger partial charge on any atom is 0.0533 e. The van der Waals surface area contributed by atoms with Crippen LogP contribution in [0.25, 0.3) is 0 Å². The SMILES string of the molecule is CCCCCCCCC(COC)(CN(C)C)C(C)C. The number of unbranched alkanes of at least 4 members (excludes halogenated alkanes) is 5. The van der Waals surface area contributed by atoms with Crippen LogP contribution in [-0.2, 0) is 4.74 Å². The second-order valence-corrected chi connectivity index (χ2v) is 6.71. The van der Waals surface area contributed by atoms with Crippen LogP contribution in [0.1, 0.15) is 65.7 Å². The molecular formula is C17H37NO. The molecule has 0 amide bonds. The van der Waals surface area contributed by atoms with Crippen LogP contribution in [0, 0.1) is 11.3 Å². The fourth-order valence-corrected chi connectivity index (χ4v) is 3.01. The standard InChI is InChI=1S/C17H37NO/c1-7-8-9-10-11-12-13-17(15-19-6,16(2)3)14-18(4)5/h16H,7-15H2,1-6H3. The lowest BCUT2D eigenvalue weighted by Crippen LogP contribution is -2.41. The van der Waals surface area contributed by atoms with Gasteiger partial charge in [0.1, 0.15) is 0 Å². The van der Waals surface area contributed by atoms with E-state index in [4.69, 9.17) is 4.74 Å². The lowest BCUT2D eigenvalue weighted by atomic mass is 9.73. The Balaban J connectivity index is 4.24. The minimum atomic E-state index is 0.322. The summed E-state index contributed by atoms with van der Waals surface area (Å²) >= 11 is 0. The van der Waals surface area contributed by atoms with Crippen LogP contribution in [-0.4, -0.2) is 39.3 Å². The molecule has 0 aliphatic rings. The van der Waals surface area contributed by atoms with Gasteiger partial charge in [-0.25, -0.2) is 0 Å². The smallest absolute Gasteiger partial charge is 0.0533 e. The van der Waals surface area contributed by atoms with E-state index in [1.165, 1.54) is 44.9 Å². The van der Waals surface area contributed by atoms with Crippen LogP contribution in [0.2, 0.25) is 0 Å². The second kappa shape index (κ2) is 10.7. The molecule has 116 valence electrons. The molecule has 1 unspecified atom stereocenters. The van der Waals surface area contributed by atoms with Gasteiger partial charge in [0.2, 0.25) is 0 Å². The average molecular weight is 271 g/mol. The molecule has 1 atom stereocenters. The molecule has 0 aromatic carbocycles. The van der Waals surface area contributed by atoms with Gasteiger partial charge in [-0.1, -0.05) is 59.3 Å². The highest BCUT2D eigenvalue weighted by atomic mass is 16.5. The van der Waals surface area contributed by atoms with Gasteiger partial charge in [0, 0.05) is 19.1 Å². The maximum absolute atomic E-state index is 5.54. The van der Waals surface area contributed by atoms with Crippen molar-refractivity contribution in [1.29, 1.82) is 0 Å². The molecule has 0 radical (unpaired) electrons. The average Bonchev–Trinajstić information content (AvgIpc) is 2.32. The van der Waals surface area contributed by atoms with Gasteiger partial charge in [-0.05, 0) is 26.4 Å². The van der Waals surface area contributed by atoms with E-state index in [0.717, 1.165) is 13.2 Å². The van der Waals surface area contributed by atoms with Crippen LogP contribution in [0.3, 0.4) is 0 Å². The molecular weight excluding hydrogens is 234 g/mol. The largest absolute Gasteiger partial charge is 0.384 e. The maximum atomic E-state index is 5.54. The molecule has 0 aliphatic carbocycles. The molecule has 0 bridgehead atoms. The molecule has 19 heavy (non-hydrogen) atoms. The molecule has 0 saturated heterocycles. The van der Waals surface area contributed by atoms with Crippen molar-refractivity contribution >= 4 is 0 Å². The molecule has 0 saturated carbocycles. The number of nitrogens with zero attached hydrogens (tertiary/aromatic N) is 1. The molecule has 0 N–H and O–H groups in total. The molecule has 0 spiro atoms. The third kappa shape index (κ3) is 7.94. The van der Waals surface area contributed by atoms with Crippen molar-refractivity contribution in [2.75, 3.05) is 34.4 Å². The van der Waals surface area contributed by atoms with Crippen LogP contribution in [0.5, 0.6) is 0 Å². The monoisotopic (exact) mass is 271 g/mol. The van der Waals surface area contributed by atoms with Crippen LogP contribution < -0.4 is 0 Å². The van der Waals surface area contributed by atoms with E-state index in [1.54, 1.807) is 0 Å². The predicted octanol–water partition coefficient (Wildman–Crippen LogP) is 4.59. The van der Waals surface area contributed by atoms with E-state index in [9.17, 15) is 0 Å². The molecule has 2 heteroatoms. The van der Waals surface area contributed by atoms with E-state index in [2.05, 4.69) is 39.8 Å². The summed E-state index contributed by atoms with van der Waals surface area (Å²) in [4.78, 5) is 2.32. The molecule has 0 heterocycles. The van der Waals surface area contributed by atoms with E-state index in [-0.39, 0.29) is 0 Å². The Hall–Kier alpha value is -0.0800. The van der Waals surface area contributed by atoms with Crippen LogP contribution in [0.4, 0.5) is 0 Å². The van der Waals surface area contributed by atoms with E-state index >= 15 is 0 Å². The molecule has 0 aromatic heterocycles. The van der Waals surface area contributed by atoms with Gasteiger partial charge in [-0.15, -0.1) is 0 Å². The normalized spacial score (nSPS) is 15.2. The second-order valence-electron chi connectivity index (χ2n) is 6.71. The first-order chi connectivity index (χ1) is 8.98. The highest BCUT2D eigenvalue weighted by Gasteiger charge is 2.33.